The maximum atomic E-state index is 13.5. The van der Waals surface area contributed by atoms with Crippen LogP contribution < -0.4 is 14.8 Å². The van der Waals surface area contributed by atoms with Crippen LogP contribution in [0.3, 0.4) is 0 Å². The number of methoxy groups -OCH3 is 1. The quantitative estimate of drug-likeness (QED) is 0.611. The van der Waals surface area contributed by atoms with Gasteiger partial charge in [0.15, 0.2) is 5.82 Å². The highest BCUT2D eigenvalue weighted by molar-refractivity contribution is 5.97. The van der Waals surface area contributed by atoms with Crippen molar-refractivity contribution in [2.75, 3.05) is 7.11 Å². The molecule has 1 heterocycles. The van der Waals surface area contributed by atoms with Crippen molar-refractivity contribution in [1.29, 1.82) is 5.26 Å². The molecule has 0 aliphatic carbocycles. The second kappa shape index (κ2) is 8.95. The first-order valence-corrected chi connectivity index (χ1v) is 8.43. The molecular formula is C19H14F3N5O3. The van der Waals surface area contributed by atoms with E-state index in [-0.39, 0.29) is 35.1 Å². The number of nitrogens with zero attached hydrogens (tertiary/aromatic N) is 3. The predicted octanol–water partition coefficient (Wildman–Crippen LogP) is 3.02. The van der Waals surface area contributed by atoms with E-state index in [1.807, 2.05) is 6.07 Å². The molecule has 0 spiro atoms. The second-order valence-electron chi connectivity index (χ2n) is 5.83. The van der Waals surface area contributed by atoms with Crippen molar-refractivity contribution in [2.24, 2.45) is 0 Å². The van der Waals surface area contributed by atoms with Gasteiger partial charge in [-0.15, -0.1) is 0 Å². The molecule has 1 amide bonds. The zero-order valence-corrected chi connectivity index (χ0v) is 15.4. The summed E-state index contributed by atoms with van der Waals surface area (Å²) in [6.45, 7) is -3.28. The van der Waals surface area contributed by atoms with Crippen molar-refractivity contribution >= 4 is 5.91 Å². The Balaban J connectivity index is 1.77. The second-order valence-corrected chi connectivity index (χ2v) is 5.83. The zero-order valence-electron chi connectivity index (χ0n) is 15.4. The lowest BCUT2D eigenvalue weighted by Crippen LogP contribution is -2.24. The summed E-state index contributed by atoms with van der Waals surface area (Å²) in [4.78, 5) is 16.6. The van der Waals surface area contributed by atoms with Crippen LogP contribution in [0.5, 0.6) is 11.5 Å². The standard InChI is InChI=1S/C19H14F3N5O3/c1-29-14-5-3-11(20)7-12(14)17-25-16(26-27-17)9-24-18(28)13-6-10(8-23)2-4-15(13)30-19(21)22/h2-7,19H,9H2,1H3,(H,24,28)(H,25,26,27). The van der Waals surface area contributed by atoms with Crippen LogP contribution >= 0.6 is 0 Å². The molecule has 30 heavy (non-hydrogen) atoms. The van der Waals surface area contributed by atoms with Crippen LogP contribution in [0.4, 0.5) is 13.2 Å². The molecule has 1 aromatic heterocycles. The van der Waals surface area contributed by atoms with Crippen LogP contribution in [0.15, 0.2) is 36.4 Å². The number of nitriles is 1. The highest BCUT2D eigenvalue weighted by atomic mass is 19.3. The fraction of sp³-hybridized carbons (Fsp3) is 0.158. The average Bonchev–Trinajstić information content (AvgIpc) is 3.20. The van der Waals surface area contributed by atoms with Gasteiger partial charge in [0.25, 0.3) is 5.91 Å². The first-order valence-electron chi connectivity index (χ1n) is 8.43. The number of aromatic amines is 1. The number of carbonyl (C=O) groups excluding carboxylic acids is 1. The van der Waals surface area contributed by atoms with Crippen LogP contribution in [0, 0.1) is 17.1 Å². The Morgan fingerprint density at radius 2 is 2.03 bits per heavy atom. The lowest BCUT2D eigenvalue weighted by atomic mass is 10.1. The third kappa shape index (κ3) is 4.67. The fourth-order valence-corrected chi connectivity index (χ4v) is 2.58. The lowest BCUT2D eigenvalue weighted by molar-refractivity contribution is -0.0501. The van der Waals surface area contributed by atoms with Crippen molar-refractivity contribution in [3.05, 3.63) is 59.2 Å². The van der Waals surface area contributed by atoms with Gasteiger partial charge in [0.05, 0.1) is 36.4 Å². The molecule has 0 aliphatic heterocycles. The molecule has 0 atom stereocenters. The van der Waals surface area contributed by atoms with Gasteiger partial charge in [0.1, 0.15) is 23.1 Å². The molecule has 0 bridgehead atoms. The van der Waals surface area contributed by atoms with Crippen molar-refractivity contribution in [2.45, 2.75) is 13.2 Å². The van der Waals surface area contributed by atoms with E-state index in [9.17, 15) is 18.0 Å². The number of hydrogen-bond acceptors (Lipinski definition) is 6. The third-order valence-electron chi connectivity index (χ3n) is 3.92. The third-order valence-corrected chi connectivity index (χ3v) is 3.92. The number of amides is 1. The number of alkyl halides is 2. The Hall–Kier alpha value is -4.07. The molecule has 0 unspecified atom stereocenters. The van der Waals surface area contributed by atoms with Gasteiger partial charge in [-0.2, -0.15) is 19.1 Å². The largest absolute Gasteiger partial charge is 0.496 e. The summed E-state index contributed by atoms with van der Waals surface area (Å²) in [6.07, 6.45) is 0. The van der Waals surface area contributed by atoms with Gasteiger partial charge in [0, 0.05) is 0 Å². The first-order chi connectivity index (χ1) is 14.4. The molecule has 3 rings (SSSR count). The van der Waals surface area contributed by atoms with Gasteiger partial charge in [-0.3, -0.25) is 9.89 Å². The molecule has 154 valence electrons. The van der Waals surface area contributed by atoms with Crippen molar-refractivity contribution in [1.82, 2.24) is 20.5 Å². The number of hydrogen-bond donors (Lipinski definition) is 2. The molecular weight excluding hydrogens is 403 g/mol. The van der Waals surface area contributed by atoms with Crippen LogP contribution in [0.1, 0.15) is 21.7 Å². The number of carbonyl (C=O) groups is 1. The molecule has 11 heteroatoms. The molecule has 0 radical (unpaired) electrons. The number of H-pyrrole nitrogens is 1. The highest BCUT2D eigenvalue weighted by Crippen LogP contribution is 2.28. The summed E-state index contributed by atoms with van der Waals surface area (Å²) in [5, 5.41) is 18.0. The smallest absolute Gasteiger partial charge is 0.387 e. The van der Waals surface area contributed by atoms with Gasteiger partial charge in [-0.25, -0.2) is 9.37 Å². The monoisotopic (exact) mass is 417 g/mol. The van der Waals surface area contributed by atoms with E-state index < -0.39 is 18.3 Å². The molecule has 0 saturated heterocycles. The minimum absolute atomic E-state index is 0.0990. The minimum Gasteiger partial charge on any atom is -0.496 e. The number of halogens is 3. The zero-order chi connectivity index (χ0) is 21.7. The Bertz CT molecular complexity index is 1110. The Labute approximate surface area is 168 Å². The van der Waals surface area contributed by atoms with Gasteiger partial charge >= 0.3 is 6.61 Å². The van der Waals surface area contributed by atoms with Crippen LogP contribution in [0.25, 0.3) is 11.4 Å². The maximum absolute atomic E-state index is 13.5. The van der Waals surface area contributed by atoms with Gasteiger partial charge in [-0.1, -0.05) is 0 Å². The summed E-state index contributed by atoms with van der Waals surface area (Å²) in [7, 11) is 1.42. The number of nitrogens with one attached hydrogen (secondary N) is 2. The van der Waals surface area contributed by atoms with Crippen molar-refractivity contribution in [3.8, 4) is 29.0 Å². The molecule has 2 N–H and O–H groups in total. The van der Waals surface area contributed by atoms with E-state index in [0.29, 0.717) is 11.3 Å². The van der Waals surface area contributed by atoms with Crippen LogP contribution in [0.2, 0.25) is 0 Å². The van der Waals surface area contributed by atoms with Gasteiger partial charge < -0.3 is 14.8 Å². The van der Waals surface area contributed by atoms with Gasteiger partial charge in [-0.05, 0) is 36.4 Å². The Morgan fingerprint density at radius 3 is 2.73 bits per heavy atom. The summed E-state index contributed by atoms with van der Waals surface area (Å²) in [5.74, 6) is -0.919. The van der Waals surface area contributed by atoms with Gasteiger partial charge in [0.2, 0.25) is 0 Å². The molecule has 0 aliphatic rings. The molecule has 0 saturated carbocycles. The minimum atomic E-state index is -3.14. The number of ether oxygens (including phenoxy) is 2. The van der Waals surface area contributed by atoms with E-state index in [2.05, 4.69) is 25.2 Å². The number of benzene rings is 2. The van der Waals surface area contributed by atoms with Crippen molar-refractivity contribution < 1.29 is 27.4 Å². The normalized spacial score (nSPS) is 10.5. The fourth-order valence-electron chi connectivity index (χ4n) is 2.58. The first kappa shape index (κ1) is 20.7. The highest BCUT2D eigenvalue weighted by Gasteiger charge is 2.18. The van der Waals surface area contributed by atoms with Crippen LogP contribution in [-0.4, -0.2) is 34.8 Å². The maximum Gasteiger partial charge on any atom is 0.387 e. The Kier molecular flexibility index (Phi) is 6.17. The van der Waals surface area contributed by atoms with E-state index >= 15 is 0 Å². The lowest BCUT2D eigenvalue weighted by Gasteiger charge is -2.10. The topological polar surface area (TPSA) is 113 Å². The van der Waals surface area contributed by atoms with E-state index in [4.69, 9.17) is 10.00 Å². The summed E-state index contributed by atoms with van der Waals surface area (Å²) >= 11 is 0. The van der Waals surface area contributed by atoms with E-state index in [1.165, 1.54) is 31.4 Å². The molecule has 3 aromatic rings. The summed E-state index contributed by atoms with van der Waals surface area (Å²) in [5.41, 5.74) is 0.170. The molecule has 8 nitrogen and oxygen atoms in total. The number of rotatable bonds is 7. The summed E-state index contributed by atoms with van der Waals surface area (Å²) < 4.78 is 48.2. The van der Waals surface area contributed by atoms with E-state index in [1.54, 1.807) is 0 Å². The van der Waals surface area contributed by atoms with Crippen LogP contribution in [-0.2, 0) is 6.54 Å². The molecule has 0 fully saturated rings. The SMILES string of the molecule is COc1ccc(F)cc1-c1n[nH]c(CNC(=O)c2cc(C#N)ccc2OC(F)F)n1. The van der Waals surface area contributed by atoms with E-state index in [0.717, 1.165) is 12.1 Å². The molecule has 2 aromatic carbocycles. The predicted molar refractivity (Wildman–Crippen MR) is 97.3 cm³/mol. The van der Waals surface area contributed by atoms with Crippen molar-refractivity contribution in [3.63, 3.8) is 0 Å². The Morgan fingerprint density at radius 1 is 1.27 bits per heavy atom. The average molecular weight is 417 g/mol. The summed E-state index contributed by atoms with van der Waals surface area (Å²) in [6, 6.07) is 9.17. The number of aromatic nitrogens is 3.